The van der Waals surface area contributed by atoms with Gasteiger partial charge in [-0.1, -0.05) is 35.9 Å². The van der Waals surface area contributed by atoms with E-state index in [0.29, 0.717) is 23.1 Å². The Labute approximate surface area is 185 Å². The van der Waals surface area contributed by atoms with Crippen LogP contribution < -0.4 is 10.1 Å². The number of para-hydroxylation sites is 1. The van der Waals surface area contributed by atoms with Gasteiger partial charge in [-0.25, -0.2) is 9.67 Å². The van der Waals surface area contributed by atoms with E-state index in [1.807, 2.05) is 48.5 Å². The fourth-order valence-corrected chi connectivity index (χ4v) is 3.18. The van der Waals surface area contributed by atoms with Gasteiger partial charge < -0.3 is 9.15 Å². The molecule has 30 heavy (non-hydrogen) atoms. The molecule has 0 saturated heterocycles. The van der Waals surface area contributed by atoms with Crippen molar-refractivity contribution in [1.82, 2.24) is 14.8 Å². The topological polar surface area (TPSA) is 82.2 Å². The van der Waals surface area contributed by atoms with Crippen LogP contribution in [0.3, 0.4) is 0 Å². The summed E-state index contributed by atoms with van der Waals surface area (Å²) >= 11 is 9.31. The van der Waals surface area contributed by atoms with Crippen molar-refractivity contribution in [3.8, 4) is 5.75 Å². The van der Waals surface area contributed by atoms with Crippen LogP contribution in [0.1, 0.15) is 21.9 Å². The summed E-state index contributed by atoms with van der Waals surface area (Å²) in [7, 11) is 0. The van der Waals surface area contributed by atoms with Crippen molar-refractivity contribution in [1.29, 1.82) is 0 Å². The summed E-state index contributed by atoms with van der Waals surface area (Å²) in [5, 5.41) is 7.55. The Bertz CT molecular complexity index is 1160. The number of hydrogen-bond acceptors (Lipinski definition) is 5. The zero-order valence-corrected chi connectivity index (χ0v) is 17.9. The van der Waals surface area contributed by atoms with Crippen LogP contribution in [-0.2, 0) is 13.2 Å². The van der Waals surface area contributed by atoms with E-state index < -0.39 is 5.91 Å². The number of nitrogens with zero attached hydrogens (tertiary/aromatic N) is 3. The van der Waals surface area contributed by atoms with Crippen molar-refractivity contribution in [2.75, 3.05) is 5.32 Å². The van der Waals surface area contributed by atoms with Crippen LogP contribution in [0.25, 0.3) is 0 Å². The second-order valence-electron chi connectivity index (χ2n) is 6.33. The van der Waals surface area contributed by atoms with E-state index in [0.717, 1.165) is 10.0 Å². The van der Waals surface area contributed by atoms with Crippen molar-refractivity contribution in [2.45, 2.75) is 13.2 Å². The first kappa shape index (κ1) is 20.2. The Hall–Kier alpha value is -3.10. The lowest BCUT2D eigenvalue weighted by molar-refractivity contribution is 0.0991. The van der Waals surface area contributed by atoms with E-state index in [2.05, 4.69) is 31.3 Å². The van der Waals surface area contributed by atoms with Crippen molar-refractivity contribution >= 4 is 39.4 Å². The highest BCUT2D eigenvalue weighted by Crippen LogP contribution is 2.25. The predicted octanol–water partition coefficient (Wildman–Crippen LogP) is 5.17. The summed E-state index contributed by atoms with van der Waals surface area (Å²) in [5.41, 5.74) is 1.02. The molecule has 0 aliphatic rings. The second kappa shape index (κ2) is 9.15. The molecule has 0 saturated carbocycles. The number of furan rings is 1. The average molecular weight is 488 g/mol. The second-order valence-corrected chi connectivity index (χ2v) is 7.62. The maximum Gasteiger partial charge on any atom is 0.293 e. The van der Waals surface area contributed by atoms with Gasteiger partial charge in [-0.3, -0.25) is 10.1 Å². The highest BCUT2D eigenvalue weighted by molar-refractivity contribution is 9.10. The molecule has 0 spiro atoms. The fraction of sp³-hybridized carbons (Fsp3) is 0.0952. The number of carbonyl (C=O) groups is 1. The molecule has 2 heterocycles. The molecule has 1 amide bonds. The summed E-state index contributed by atoms with van der Waals surface area (Å²) < 4.78 is 13.7. The summed E-state index contributed by atoms with van der Waals surface area (Å²) in [5.74, 6) is 1.12. The monoisotopic (exact) mass is 486 g/mol. The molecule has 9 heteroatoms. The quantitative estimate of drug-likeness (QED) is 0.389. The third kappa shape index (κ3) is 5.08. The van der Waals surface area contributed by atoms with Gasteiger partial charge in [-0.15, -0.1) is 5.10 Å². The van der Waals surface area contributed by atoms with Crippen molar-refractivity contribution in [3.63, 3.8) is 0 Å². The normalized spacial score (nSPS) is 10.7. The van der Waals surface area contributed by atoms with Gasteiger partial charge in [0.05, 0.1) is 11.0 Å². The molecule has 152 valence electrons. The Balaban J connectivity index is 1.34. The molecule has 2 aromatic heterocycles. The summed E-state index contributed by atoms with van der Waals surface area (Å²) in [4.78, 5) is 16.5. The van der Waals surface area contributed by atoms with Gasteiger partial charge in [0.1, 0.15) is 24.4 Å². The first-order valence-electron chi connectivity index (χ1n) is 8.98. The van der Waals surface area contributed by atoms with Crippen LogP contribution in [-0.4, -0.2) is 20.7 Å². The number of ether oxygens (including phenoxy) is 1. The standard InChI is InChI=1S/C21H16BrClN4O3/c22-17-3-1-2-4-18(17)29-12-16-9-10-19(30-16)20(28)25-21-24-13-27(26-21)11-14-5-7-15(23)8-6-14/h1-10,13H,11-12H2,(H,25,26,28). The van der Waals surface area contributed by atoms with Crippen molar-refractivity contribution in [2.24, 2.45) is 0 Å². The van der Waals surface area contributed by atoms with Gasteiger partial charge in [-0.2, -0.15) is 0 Å². The minimum atomic E-state index is -0.439. The fourth-order valence-electron chi connectivity index (χ4n) is 2.66. The van der Waals surface area contributed by atoms with Gasteiger partial charge in [0.15, 0.2) is 5.76 Å². The van der Waals surface area contributed by atoms with E-state index in [-0.39, 0.29) is 18.3 Å². The molecule has 0 atom stereocenters. The lowest BCUT2D eigenvalue weighted by Gasteiger charge is -2.05. The van der Waals surface area contributed by atoms with Crippen LogP contribution in [0, 0.1) is 0 Å². The minimum Gasteiger partial charge on any atom is -0.484 e. The zero-order valence-electron chi connectivity index (χ0n) is 15.6. The van der Waals surface area contributed by atoms with E-state index in [1.165, 1.54) is 0 Å². The molecule has 7 nitrogen and oxygen atoms in total. The lowest BCUT2D eigenvalue weighted by atomic mass is 10.2. The molecule has 0 aliphatic carbocycles. The summed E-state index contributed by atoms with van der Waals surface area (Å²) in [6.07, 6.45) is 1.54. The Morgan fingerprint density at radius 2 is 1.93 bits per heavy atom. The molecule has 0 unspecified atom stereocenters. The first-order chi connectivity index (χ1) is 14.6. The molecule has 0 bridgehead atoms. The maximum absolute atomic E-state index is 12.4. The summed E-state index contributed by atoms with van der Waals surface area (Å²) in [6.45, 7) is 0.710. The van der Waals surface area contributed by atoms with Crippen molar-refractivity contribution < 1.29 is 13.9 Å². The molecule has 2 aromatic carbocycles. The van der Waals surface area contributed by atoms with Gasteiger partial charge in [-0.05, 0) is 57.9 Å². The maximum atomic E-state index is 12.4. The number of aromatic nitrogens is 3. The number of hydrogen-bond donors (Lipinski definition) is 1. The highest BCUT2D eigenvalue weighted by atomic mass is 79.9. The number of anilines is 1. The third-order valence-corrected chi connectivity index (χ3v) is 5.02. The number of halogens is 2. The SMILES string of the molecule is O=C(Nc1ncn(Cc2ccc(Cl)cc2)n1)c1ccc(COc2ccccc2Br)o1. The number of nitrogens with one attached hydrogen (secondary N) is 1. The van der Waals surface area contributed by atoms with E-state index in [1.54, 1.807) is 23.1 Å². The van der Waals surface area contributed by atoms with Crippen LogP contribution in [0.2, 0.25) is 5.02 Å². The highest BCUT2D eigenvalue weighted by Gasteiger charge is 2.14. The smallest absolute Gasteiger partial charge is 0.293 e. The largest absolute Gasteiger partial charge is 0.484 e. The lowest BCUT2D eigenvalue weighted by Crippen LogP contribution is -2.12. The van der Waals surface area contributed by atoms with Crippen LogP contribution >= 0.6 is 27.5 Å². The van der Waals surface area contributed by atoms with E-state index >= 15 is 0 Å². The summed E-state index contributed by atoms with van der Waals surface area (Å²) in [6, 6.07) is 18.2. The Morgan fingerprint density at radius 1 is 1.13 bits per heavy atom. The average Bonchev–Trinajstić information content (AvgIpc) is 3.39. The number of benzene rings is 2. The number of amides is 1. The Morgan fingerprint density at radius 3 is 2.73 bits per heavy atom. The number of rotatable bonds is 7. The Kier molecular flexibility index (Phi) is 6.15. The predicted molar refractivity (Wildman–Crippen MR) is 116 cm³/mol. The van der Waals surface area contributed by atoms with Crippen LogP contribution in [0.5, 0.6) is 5.75 Å². The van der Waals surface area contributed by atoms with Gasteiger partial charge in [0.25, 0.3) is 5.91 Å². The minimum absolute atomic E-state index is 0.148. The van der Waals surface area contributed by atoms with Gasteiger partial charge >= 0.3 is 0 Å². The van der Waals surface area contributed by atoms with Crippen molar-refractivity contribution in [3.05, 3.63) is 93.6 Å². The molecule has 1 N–H and O–H groups in total. The molecule has 0 radical (unpaired) electrons. The molecule has 4 aromatic rings. The van der Waals surface area contributed by atoms with Crippen LogP contribution in [0.15, 0.2) is 75.9 Å². The molecule has 0 fully saturated rings. The zero-order chi connectivity index (χ0) is 20.9. The van der Waals surface area contributed by atoms with Gasteiger partial charge in [0, 0.05) is 5.02 Å². The molecular weight excluding hydrogens is 472 g/mol. The third-order valence-electron chi connectivity index (χ3n) is 4.11. The first-order valence-corrected chi connectivity index (χ1v) is 10.2. The van der Waals surface area contributed by atoms with E-state index in [9.17, 15) is 4.79 Å². The van der Waals surface area contributed by atoms with Gasteiger partial charge in [0.2, 0.25) is 5.95 Å². The molecular formula is C21H16BrClN4O3. The van der Waals surface area contributed by atoms with E-state index in [4.69, 9.17) is 20.8 Å². The molecule has 0 aliphatic heterocycles. The number of carbonyl (C=O) groups excluding carboxylic acids is 1. The van der Waals surface area contributed by atoms with Crippen LogP contribution in [0.4, 0.5) is 5.95 Å². The molecule has 4 rings (SSSR count).